The van der Waals surface area contributed by atoms with Crippen LogP contribution < -0.4 is 14.8 Å². The Balaban J connectivity index is 1.99. The summed E-state index contributed by atoms with van der Waals surface area (Å²) < 4.78 is 11.3. The summed E-state index contributed by atoms with van der Waals surface area (Å²) in [5, 5.41) is 21.0. The molecule has 3 aromatic rings. The lowest BCUT2D eigenvalue weighted by Crippen LogP contribution is -2.50. The molecule has 194 valence electrons. The summed E-state index contributed by atoms with van der Waals surface area (Å²) in [5.74, 6) is -0.201. The first-order valence-electron chi connectivity index (χ1n) is 11.6. The van der Waals surface area contributed by atoms with Crippen LogP contribution in [0.15, 0.2) is 36.5 Å². The fourth-order valence-electron chi connectivity index (χ4n) is 4.11. The molecule has 0 bridgehead atoms. The van der Waals surface area contributed by atoms with E-state index in [9.17, 15) is 14.7 Å². The number of fused-ring (bicyclic) bond motifs is 2. The van der Waals surface area contributed by atoms with Gasteiger partial charge in [0, 0.05) is 29.4 Å². The number of pyridine rings is 1. The molecule has 37 heavy (non-hydrogen) atoms. The van der Waals surface area contributed by atoms with Gasteiger partial charge in [-0.3, -0.25) is 14.6 Å². The van der Waals surface area contributed by atoms with Crippen molar-refractivity contribution < 1.29 is 24.2 Å². The molecule has 2 amide bonds. The van der Waals surface area contributed by atoms with Crippen molar-refractivity contribution in [1.82, 2.24) is 25.4 Å². The number of halogens is 1. The monoisotopic (exact) mass is 525 g/mol. The van der Waals surface area contributed by atoms with Crippen molar-refractivity contribution in [3.8, 4) is 17.4 Å². The highest BCUT2D eigenvalue weighted by Crippen LogP contribution is 2.42. The largest absolute Gasteiger partial charge is 0.497 e. The molecule has 11 heteroatoms. The Bertz CT molecular complexity index is 1340. The van der Waals surface area contributed by atoms with Crippen LogP contribution in [0.25, 0.3) is 0 Å². The predicted molar refractivity (Wildman–Crippen MR) is 136 cm³/mol. The topological polar surface area (TPSA) is 127 Å². The van der Waals surface area contributed by atoms with Gasteiger partial charge in [0.1, 0.15) is 17.4 Å². The third-order valence-electron chi connectivity index (χ3n) is 5.77. The molecule has 1 atom stereocenters. The van der Waals surface area contributed by atoms with Crippen LogP contribution in [0.2, 0.25) is 5.15 Å². The molecule has 2 aromatic heterocycles. The van der Waals surface area contributed by atoms with E-state index in [0.717, 1.165) is 5.56 Å². The maximum Gasteiger partial charge on any atom is 0.260 e. The number of rotatable bonds is 5. The minimum absolute atomic E-state index is 0.00413. The number of nitrogens with zero attached hydrogens (tertiary/aromatic N) is 4. The summed E-state index contributed by atoms with van der Waals surface area (Å²) >= 11 is 6.10. The molecule has 0 aliphatic carbocycles. The molecular formula is C26H28ClN5O5. The van der Waals surface area contributed by atoms with E-state index in [2.05, 4.69) is 20.5 Å². The van der Waals surface area contributed by atoms with E-state index < -0.39 is 30.0 Å². The highest BCUT2D eigenvalue weighted by atomic mass is 35.5. The molecule has 0 saturated carbocycles. The highest BCUT2D eigenvalue weighted by Gasteiger charge is 2.41. The van der Waals surface area contributed by atoms with Gasteiger partial charge in [-0.05, 0) is 51.5 Å². The smallest absolute Gasteiger partial charge is 0.260 e. The SMILES string of the molecule is COc1ccc(CN2C(=O)c3cc(Cl)nnc3Oc3c(C)ncc(CO)c3C2C(=O)NC(C)(C)C)cc1. The second kappa shape index (κ2) is 10.3. The average molecular weight is 526 g/mol. The summed E-state index contributed by atoms with van der Waals surface area (Å²) in [6.07, 6.45) is 1.47. The zero-order chi connectivity index (χ0) is 26.9. The summed E-state index contributed by atoms with van der Waals surface area (Å²) in [6, 6.07) is 7.35. The van der Waals surface area contributed by atoms with Crippen LogP contribution in [-0.2, 0) is 17.9 Å². The maximum atomic E-state index is 14.1. The fourth-order valence-corrected chi connectivity index (χ4v) is 4.26. The quantitative estimate of drug-likeness (QED) is 0.516. The lowest BCUT2D eigenvalue weighted by molar-refractivity contribution is -0.127. The number of aliphatic hydroxyl groups is 1. The summed E-state index contributed by atoms with van der Waals surface area (Å²) in [4.78, 5) is 33.7. The molecule has 2 N–H and O–H groups in total. The van der Waals surface area contributed by atoms with Crippen LogP contribution >= 0.6 is 11.6 Å². The van der Waals surface area contributed by atoms with Crippen molar-refractivity contribution >= 4 is 23.4 Å². The molecule has 10 nitrogen and oxygen atoms in total. The minimum Gasteiger partial charge on any atom is -0.497 e. The Morgan fingerprint density at radius 1 is 1.24 bits per heavy atom. The Kier molecular flexibility index (Phi) is 7.33. The molecular weight excluding hydrogens is 498 g/mol. The van der Waals surface area contributed by atoms with Gasteiger partial charge >= 0.3 is 0 Å². The molecule has 0 saturated heterocycles. The van der Waals surface area contributed by atoms with Crippen LogP contribution in [0.5, 0.6) is 17.4 Å². The minimum atomic E-state index is -1.17. The van der Waals surface area contributed by atoms with Gasteiger partial charge in [0.2, 0.25) is 5.91 Å². The first kappa shape index (κ1) is 26.3. The Morgan fingerprint density at radius 3 is 2.57 bits per heavy atom. The number of amides is 2. The molecule has 1 unspecified atom stereocenters. The van der Waals surface area contributed by atoms with E-state index in [1.807, 2.05) is 32.9 Å². The van der Waals surface area contributed by atoms with Crippen LogP contribution in [0, 0.1) is 6.92 Å². The highest BCUT2D eigenvalue weighted by molar-refractivity contribution is 6.29. The maximum absolute atomic E-state index is 14.1. The first-order chi connectivity index (χ1) is 17.5. The Hall–Kier alpha value is -3.76. The number of ether oxygens (including phenoxy) is 2. The van der Waals surface area contributed by atoms with Gasteiger partial charge in [-0.25, -0.2) is 0 Å². The van der Waals surface area contributed by atoms with Crippen LogP contribution in [0.3, 0.4) is 0 Å². The number of hydrogen-bond donors (Lipinski definition) is 2. The lowest BCUT2D eigenvalue weighted by Gasteiger charge is -2.37. The van der Waals surface area contributed by atoms with Gasteiger partial charge in [-0.15, -0.1) is 10.2 Å². The van der Waals surface area contributed by atoms with Crippen molar-refractivity contribution in [1.29, 1.82) is 0 Å². The molecule has 0 spiro atoms. The lowest BCUT2D eigenvalue weighted by atomic mass is 9.94. The summed E-state index contributed by atoms with van der Waals surface area (Å²) in [6.45, 7) is 6.86. The van der Waals surface area contributed by atoms with Crippen molar-refractivity contribution in [3.05, 3.63) is 69.6 Å². The van der Waals surface area contributed by atoms with E-state index in [0.29, 0.717) is 22.6 Å². The molecule has 1 aliphatic rings. The third-order valence-corrected chi connectivity index (χ3v) is 5.95. The molecule has 0 fully saturated rings. The van der Waals surface area contributed by atoms with Crippen molar-refractivity contribution in [2.24, 2.45) is 0 Å². The number of aliphatic hydroxyl groups excluding tert-OH is 1. The molecule has 0 radical (unpaired) electrons. The van der Waals surface area contributed by atoms with Crippen molar-refractivity contribution in [2.45, 2.75) is 52.4 Å². The number of nitrogens with one attached hydrogen (secondary N) is 1. The second-order valence-corrected chi connectivity index (χ2v) is 10.1. The number of benzene rings is 1. The number of aromatic nitrogens is 3. The standard InChI is InChI=1S/C26H28ClN5O5/c1-14-22-20(16(13-33)11-28-14)21(23(34)29-26(2,3)4)32(12-15-6-8-17(36-5)9-7-15)25(35)18-10-19(27)30-31-24(18)37-22/h6-11,21,33H,12-13H2,1-5H3,(H,29,34). The molecule has 1 aliphatic heterocycles. The molecule has 1 aromatic carbocycles. The van der Waals surface area contributed by atoms with E-state index >= 15 is 0 Å². The number of carbonyl (C=O) groups excluding carboxylic acids is 2. The van der Waals surface area contributed by atoms with Crippen LogP contribution in [0.1, 0.15) is 59.6 Å². The second-order valence-electron chi connectivity index (χ2n) is 9.68. The number of hydrogen-bond acceptors (Lipinski definition) is 8. The van der Waals surface area contributed by atoms with Gasteiger partial charge in [0.25, 0.3) is 11.8 Å². The van der Waals surface area contributed by atoms with E-state index in [1.165, 1.54) is 17.2 Å². The van der Waals surface area contributed by atoms with E-state index in [-0.39, 0.29) is 28.9 Å². The third kappa shape index (κ3) is 5.50. The first-order valence-corrected chi connectivity index (χ1v) is 12.0. The van der Waals surface area contributed by atoms with Gasteiger partial charge in [-0.1, -0.05) is 23.7 Å². The average Bonchev–Trinajstić information content (AvgIpc) is 2.84. The Morgan fingerprint density at radius 2 is 1.95 bits per heavy atom. The van der Waals surface area contributed by atoms with Crippen LogP contribution in [-0.4, -0.2) is 49.7 Å². The van der Waals surface area contributed by atoms with Gasteiger partial charge in [-0.2, -0.15) is 0 Å². The number of carbonyl (C=O) groups is 2. The molecule has 3 heterocycles. The van der Waals surface area contributed by atoms with E-state index in [1.54, 1.807) is 26.2 Å². The van der Waals surface area contributed by atoms with Crippen LogP contribution in [0.4, 0.5) is 0 Å². The van der Waals surface area contributed by atoms with Gasteiger partial charge in [0.05, 0.1) is 19.4 Å². The summed E-state index contributed by atoms with van der Waals surface area (Å²) in [7, 11) is 1.56. The summed E-state index contributed by atoms with van der Waals surface area (Å²) in [5.41, 5.74) is 1.29. The van der Waals surface area contributed by atoms with Gasteiger partial charge < -0.3 is 24.8 Å². The van der Waals surface area contributed by atoms with Gasteiger partial charge in [0.15, 0.2) is 10.9 Å². The number of methoxy groups -OCH3 is 1. The zero-order valence-corrected chi connectivity index (χ0v) is 22.0. The predicted octanol–water partition coefficient (Wildman–Crippen LogP) is 3.74. The van der Waals surface area contributed by atoms with E-state index in [4.69, 9.17) is 21.1 Å². The normalized spacial score (nSPS) is 15.2. The zero-order valence-electron chi connectivity index (χ0n) is 21.2. The van der Waals surface area contributed by atoms with Crippen molar-refractivity contribution in [2.75, 3.05) is 7.11 Å². The Labute approximate surface area is 219 Å². The number of aryl methyl sites for hydroxylation is 1. The fraction of sp³-hybridized carbons (Fsp3) is 0.346. The molecule has 4 rings (SSSR count). The van der Waals surface area contributed by atoms with Crippen molar-refractivity contribution in [3.63, 3.8) is 0 Å².